The van der Waals surface area contributed by atoms with Crippen LogP contribution in [0.5, 0.6) is 5.75 Å². The normalized spacial score (nSPS) is 14.0. The average Bonchev–Trinajstić information content (AvgIpc) is 3.19. The van der Waals surface area contributed by atoms with Crippen LogP contribution in [0.2, 0.25) is 0 Å². The van der Waals surface area contributed by atoms with E-state index in [0.29, 0.717) is 38.4 Å². The number of benzene rings is 2. The number of halogens is 2. The van der Waals surface area contributed by atoms with Gasteiger partial charge in [-0.2, -0.15) is 0 Å². The average molecular weight is 574 g/mol. The van der Waals surface area contributed by atoms with E-state index in [1.54, 1.807) is 37.6 Å². The van der Waals surface area contributed by atoms with E-state index < -0.39 is 23.3 Å². The van der Waals surface area contributed by atoms with E-state index >= 15 is 0 Å². The minimum Gasteiger partial charge on any atom is -0.488 e. The molecule has 1 aliphatic heterocycles. The van der Waals surface area contributed by atoms with E-state index in [0.717, 1.165) is 17.7 Å². The Hall–Kier alpha value is -3.70. The third-order valence-electron chi connectivity index (χ3n) is 6.57. The largest absolute Gasteiger partial charge is 0.488 e. The van der Waals surface area contributed by atoms with Gasteiger partial charge in [0.25, 0.3) is 5.91 Å². The summed E-state index contributed by atoms with van der Waals surface area (Å²) in [5.41, 5.74) is 0.939. The molecule has 41 heavy (non-hydrogen) atoms. The van der Waals surface area contributed by atoms with Crippen molar-refractivity contribution in [3.8, 4) is 5.75 Å². The number of nitrogens with zero attached hydrogens (tertiary/aromatic N) is 3. The monoisotopic (exact) mass is 573 g/mol. The van der Waals surface area contributed by atoms with Crippen molar-refractivity contribution in [2.24, 2.45) is 7.05 Å². The summed E-state index contributed by atoms with van der Waals surface area (Å²) in [6.07, 6.45) is -0.436. The summed E-state index contributed by atoms with van der Waals surface area (Å²) in [6.45, 7) is 8.04. The molecule has 3 aromatic rings. The smallest absolute Gasteiger partial charge is 0.410 e. The third-order valence-corrected chi connectivity index (χ3v) is 6.57. The van der Waals surface area contributed by atoms with Gasteiger partial charge in [0, 0.05) is 44.7 Å². The van der Waals surface area contributed by atoms with Gasteiger partial charge in [-0.15, -0.1) is 0 Å². The van der Waals surface area contributed by atoms with Gasteiger partial charge in [-0.1, -0.05) is 30.3 Å². The van der Waals surface area contributed by atoms with Crippen molar-refractivity contribution in [3.63, 3.8) is 0 Å². The lowest BCUT2D eigenvalue weighted by Gasteiger charge is -2.35. The molecular weight excluding hydrogens is 536 g/mol. The number of carbonyl (C=O) groups excluding carboxylic acids is 2. The lowest BCUT2D eigenvalue weighted by molar-refractivity contribution is 0.0138. The predicted molar refractivity (Wildman–Crippen MR) is 149 cm³/mol. The van der Waals surface area contributed by atoms with E-state index in [-0.39, 0.29) is 49.0 Å². The second-order valence-electron chi connectivity index (χ2n) is 10.8. The number of hydrogen-bond acceptors (Lipinski definition) is 6. The van der Waals surface area contributed by atoms with Crippen LogP contribution in [0.25, 0.3) is 10.9 Å². The molecule has 0 N–H and O–H groups in total. The molecular formula is C30H37F2N3O6. The number of piperazine rings is 1. The van der Waals surface area contributed by atoms with Crippen molar-refractivity contribution in [2.45, 2.75) is 33.0 Å². The number of carbonyl (C=O) groups is 2. The number of rotatable bonds is 10. The van der Waals surface area contributed by atoms with Gasteiger partial charge in [-0.05, 0) is 32.4 Å². The fourth-order valence-electron chi connectivity index (χ4n) is 4.54. The van der Waals surface area contributed by atoms with Crippen molar-refractivity contribution in [1.82, 2.24) is 14.4 Å². The van der Waals surface area contributed by atoms with Crippen LogP contribution in [0.15, 0.2) is 42.5 Å². The molecule has 0 spiro atoms. The van der Waals surface area contributed by atoms with E-state index in [2.05, 4.69) is 0 Å². The second kappa shape index (κ2) is 13.3. The highest BCUT2D eigenvalue weighted by atomic mass is 19.2. The molecule has 222 valence electrons. The van der Waals surface area contributed by atoms with Gasteiger partial charge in [0.1, 0.15) is 12.2 Å². The zero-order chi connectivity index (χ0) is 29.6. The van der Waals surface area contributed by atoms with Gasteiger partial charge < -0.3 is 33.3 Å². The molecule has 0 radical (unpaired) electrons. The highest BCUT2D eigenvalue weighted by Gasteiger charge is 2.32. The summed E-state index contributed by atoms with van der Waals surface area (Å²) in [4.78, 5) is 29.2. The minimum atomic E-state index is -1.04. The van der Waals surface area contributed by atoms with Crippen LogP contribution in [0.1, 0.15) is 36.8 Å². The number of aryl methyl sites for hydroxylation is 1. The second-order valence-corrected chi connectivity index (χ2v) is 10.8. The maximum Gasteiger partial charge on any atom is 0.410 e. The van der Waals surface area contributed by atoms with E-state index in [9.17, 15) is 18.4 Å². The summed E-state index contributed by atoms with van der Waals surface area (Å²) < 4.78 is 52.5. The summed E-state index contributed by atoms with van der Waals surface area (Å²) in [5, 5.41) is 0.285. The molecule has 0 bridgehead atoms. The molecule has 2 aromatic carbocycles. The first kappa shape index (κ1) is 30.3. The van der Waals surface area contributed by atoms with Crippen molar-refractivity contribution >= 4 is 22.9 Å². The molecule has 1 aliphatic rings. The topological polar surface area (TPSA) is 82.5 Å². The maximum atomic E-state index is 14.2. The first-order valence-electron chi connectivity index (χ1n) is 13.6. The molecule has 0 aliphatic carbocycles. The maximum absolute atomic E-state index is 14.2. The molecule has 2 heterocycles. The van der Waals surface area contributed by atoms with Crippen LogP contribution < -0.4 is 4.74 Å². The fraction of sp³-hybridized carbons (Fsp3) is 0.467. The Morgan fingerprint density at radius 1 is 0.854 bits per heavy atom. The fourth-order valence-corrected chi connectivity index (χ4v) is 4.54. The van der Waals surface area contributed by atoms with Crippen molar-refractivity contribution in [3.05, 3.63) is 65.4 Å². The number of amides is 2. The Kier molecular flexibility index (Phi) is 9.82. The number of aromatic nitrogens is 1. The predicted octanol–water partition coefficient (Wildman–Crippen LogP) is 4.76. The van der Waals surface area contributed by atoms with Crippen LogP contribution in [0.4, 0.5) is 13.6 Å². The van der Waals surface area contributed by atoms with E-state index in [1.807, 2.05) is 30.3 Å². The van der Waals surface area contributed by atoms with Gasteiger partial charge in [-0.25, -0.2) is 13.6 Å². The highest BCUT2D eigenvalue weighted by molar-refractivity contribution is 6.04. The summed E-state index contributed by atoms with van der Waals surface area (Å²) >= 11 is 0. The van der Waals surface area contributed by atoms with Crippen molar-refractivity contribution in [2.75, 3.05) is 52.6 Å². The molecule has 0 atom stereocenters. The third kappa shape index (κ3) is 7.74. The van der Waals surface area contributed by atoms with Gasteiger partial charge in [0.05, 0.1) is 31.9 Å². The summed E-state index contributed by atoms with van der Waals surface area (Å²) in [6, 6.07) is 11.9. The standard InChI is InChI=1S/C30H37F2N3O6/c1-30(2,3)41-29(37)35-12-10-34(11-13-35)28(36)26-27(22-18-23(31)24(32)19-25(22)33(26)4)40-17-16-38-14-15-39-20-21-8-6-5-7-9-21/h5-9,18-19H,10-17,20H2,1-4H3. The minimum absolute atomic E-state index is 0.0868. The summed E-state index contributed by atoms with van der Waals surface area (Å²) in [7, 11) is 1.61. The van der Waals surface area contributed by atoms with Gasteiger partial charge >= 0.3 is 6.09 Å². The van der Waals surface area contributed by atoms with Crippen molar-refractivity contribution < 1.29 is 37.3 Å². The molecule has 1 saturated heterocycles. The Bertz CT molecular complexity index is 1350. The molecule has 11 heteroatoms. The van der Waals surface area contributed by atoms with Gasteiger partial charge in [0.15, 0.2) is 23.1 Å². The van der Waals surface area contributed by atoms with Crippen LogP contribution in [-0.2, 0) is 27.9 Å². The quantitative estimate of drug-likeness (QED) is 0.326. The van der Waals surface area contributed by atoms with E-state index in [4.69, 9.17) is 18.9 Å². The zero-order valence-corrected chi connectivity index (χ0v) is 24.0. The Labute approximate surface area is 238 Å². The first-order valence-corrected chi connectivity index (χ1v) is 13.6. The molecule has 9 nitrogen and oxygen atoms in total. The Balaban J connectivity index is 1.38. The molecule has 2 amide bonds. The lowest BCUT2D eigenvalue weighted by Crippen LogP contribution is -2.51. The zero-order valence-electron chi connectivity index (χ0n) is 24.0. The van der Waals surface area contributed by atoms with Crippen LogP contribution in [0.3, 0.4) is 0 Å². The Morgan fingerprint density at radius 2 is 1.46 bits per heavy atom. The molecule has 0 unspecified atom stereocenters. The highest BCUT2D eigenvalue weighted by Crippen LogP contribution is 2.35. The SMILES string of the molecule is Cn1c(C(=O)N2CCN(C(=O)OC(C)(C)C)CC2)c(OCCOCCOCc2ccccc2)c2cc(F)c(F)cc21. The molecule has 1 fully saturated rings. The number of fused-ring (bicyclic) bond motifs is 1. The number of ether oxygens (including phenoxy) is 4. The van der Waals surface area contributed by atoms with Crippen LogP contribution >= 0.6 is 0 Å². The molecule has 1 aromatic heterocycles. The molecule has 0 saturated carbocycles. The van der Waals surface area contributed by atoms with Crippen LogP contribution in [-0.4, -0.2) is 84.6 Å². The van der Waals surface area contributed by atoms with Gasteiger partial charge in [-0.3, -0.25) is 4.79 Å². The Morgan fingerprint density at radius 3 is 2.15 bits per heavy atom. The summed E-state index contributed by atoms with van der Waals surface area (Å²) in [5.74, 6) is -2.26. The molecule has 4 rings (SSSR count). The van der Waals surface area contributed by atoms with Gasteiger partial charge in [0.2, 0.25) is 0 Å². The lowest BCUT2D eigenvalue weighted by atomic mass is 10.2. The van der Waals surface area contributed by atoms with Crippen molar-refractivity contribution in [1.29, 1.82) is 0 Å². The van der Waals surface area contributed by atoms with E-state index in [1.165, 1.54) is 4.57 Å². The van der Waals surface area contributed by atoms with Crippen LogP contribution in [0, 0.1) is 11.6 Å². The first-order chi connectivity index (χ1) is 19.5. The number of hydrogen-bond donors (Lipinski definition) is 0.